The number of hydrogen-bond donors (Lipinski definition) is 1. The van der Waals surface area contributed by atoms with Crippen LogP contribution in [0.3, 0.4) is 0 Å². The predicted molar refractivity (Wildman–Crippen MR) is 65.2 cm³/mol. The van der Waals surface area contributed by atoms with Gasteiger partial charge in [-0.3, -0.25) is 4.90 Å². The second-order valence-corrected chi connectivity index (χ2v) is 4.05. The molecule has 0 bridgehead atoms. The zero-order valence-electron chi connectivity index (χ0n) is 10.8. The Kier molecular flexibility index (Phi) is 6.91. The molecule has 6 nitrogen and oxygen atoms in total. The van der Waals surface area contributed by atoms with E-state index in [1.165, 1.54) is 0 Å². The zero-order valence-corrected chi connectivity index (χ0v) is 10.8. The average Bonchev–Trinajstić information content (AvgIpc) is 2.37. The molecule has 0 spiro atoms. The standard InChI is InChI=1S/C11H23N3O3/c1-16-9-3-12-11(15)14-6-4-13(5-7-14)8-10-17-2/h3-10H2,1-2H3,(H,12,15). The van der Waals surface area contributed by atoms with E-state index in [-0.39, 0.29) is 6.03 Å². The lowest BCUT2D eigenvalue weighted by Gasteiger charge is -2.34. The first-order valence-corrected chi connectivity index (χ1v) is 6.01. The van der Waals surface area contributed by atoms with Crippen molar-refractivity contribution >= 4 is 6.03 Å². The van der Waals surface area contributed by atoms with Gasteiger partial charge in [-0.25, -0.2) is 4.79 Å². The summed E-state index contributed by atoms with van der Waals surface area (Å²) in [6, 6.07) is 0.00782. The Hall–Kier alpha value is -0.850. The fourth-order valence-electron chi connectivity index (χ4n) is 1.77. The van der Waals surface area contributed by atoms with Gasteiger partial charge in [-0.15, -0.1) is 0 Å². The van der Waals surface area contributed by atoms with Crippen LogP contribution >= 0.6 is 0 Å². The number of ether oxygens (including phenoxy) is 2. The third-order valence-electron chi connectivity index (χ3n) is 2.85. The number of hydrogen-bond acceptors (Lipinski definition) is 4. The van der Waals surface area contributed by atoms with Gasteiger partial charge >= 0.3 is 6.03 Å². The summed E-state index contributed by atoms with van der Waals surface area (Å²) in [5.74, 6) is 0. The Balaban J connectivity index is 2.15. The molecule has 6 heteroatoms. The Morgan fingerprint density at radius 3 is 2.35 bits per heavy atom. The molecular weight excluding hydrogens is 222 g/mol. The van der Waals surface area contributed by atoms with Crippen LogP contribution in [-0.4, -0.2) is 82.5 Å². The highest BCUT2D eigenvalue weighted by Crippen LogP contribution is 2.01. The molecule has 1 aliphatic heterocycles. The van der Waals surface area contributed by atoms with E-state index in [1.807, 2.05) is 4.90 Å². The highest BCUT2D eigenvalue weighted by Gasteiger charge is 2.20. The fraction of sp³-hybridized carbons (Fsp3) is 0.909. The van der Waals surface area contributed by atoms with Crippen LogP contribution in [0.15, 0.2) is 0 Å². The first-order chi connectivity index (χ1) is 8.27. The molecule has 0 aromatic rings. The molecule has 1 saturated heterocycles. The van der Waals surface area contributed by atoms with E-state index < -0.39 is 0 Å². The summed E-state index contributed by atoms with van der Waals surface area (Å²) in [4.78, 5) is 15.9. The molecule has 0 radical (unpaired) electrons. The lowest BCUT2D eigenvalue weighted by molar-refractivity contribution is 0.105. The number of carbonyl (C=O) groups is 1. The van der Waals surface area contributed by atoms with Crippen LogP contribution < -0.4 is 5.32 Å². The Morgan fingerprint density at radius 2 is 1.76 bits per heavy atom. The van der Waals surface area contributed by atoms with Crippen LogP contribution in [0, 0.1) is 0 Å². The Labute approximate surface area is 103 Å². The van der Waals surface area contributed by atoms with Crippen molar-refractivity contribution in [2.45, 2.75) is 0 Å². The minimum Gasteiger partial charge on any atom is -0.383 e. The molecule has 0 saturated carbocycles. The van der Waals surface area contributed by atoms with E-state index in [1.54, 1.807) is 14.2 Å². The molecule has 17 heavy (non-hydrogen) atoms. The molecule has 2 amide bonds. The van der Waals surface area contributed by atoms with Crippen molar-refractivity contribution in [2.75, 3.05) is 66.7 Å². The molecule has 100 valence electrons. The minimum absolute atomic E-state index is 0.00782. The second-order valence-electron chi connectivity index (χ2n) is 4.05. The lowest BCUT2D eigenvalue weighted by Crippen LogP contribution is -2.52. The molecule has 1 rings (SSSR count). The Bertz CT molecular complexity index is 218. The van der Waals surface area contributed by atoms with Crippen molar-refractivity contribution in [3.63, 3.8) is 0 Å². The van der Waals surface area contributed by atoms with Gasteiger partial charge in [0.25, 0.3) is 0 Å². The maximum absolute atomic E-state index is 11.7. The topological polar surface area (TPSA) is 54.0 Å². The van der Waals surface area contributed by atoms with Crippen molar-refractivity contribution < 1.29 is 14.3 Å². The van der Waals surface area contributed by atoms with Gasteiger partial charge in [0.05, 0.1) is 13.2 Å². The third-order valence-corrected chi connectivity index (χ3v) is 2.85. The summed E-state index contributed by atoms with van der Waals surface area (Å²) in [7, 11) is 3.33. The second kappa shape index (κ2) is 8.27. The van der Waals surface area contributed by atoms with Gasteiger partial charge in [0.15, 0.2) is 0 Å². The fourth-order valence-corrected chi connectivity index (χ4v) is 1.77. The maximum Gasteiger partial charge on any atom is 0.317 e. The summed E-state index contributed by atoms with van der Waals surface area (Å²) < 4.78 is 9.92. The van der Waals surface area contributed by atoms with Crippen molar-refractivity contribution in [2.24, 2.45) is 0 Å². The van der Waals surface area contributed by atoms with Crippen LogP contribution in [0.25, 0.3) is 0 Å². The van der Waals surface area contributed by atoms with Crippen molar-refractivity contribution in [1.29, 1.82) is 0 Å². The van der Waals surface area contributed by atoms with E-state index in [0.717, 1.165) is 39.3 Å². The van der Waals surface area contributed by atoms with Gasteiger partial charge in [0.2, 0.25) is 0 Å². The zero-order chi connectivity index (χ0) is 12.5. The van der Waals surface area contributed by atoms with Crippen LogP contribution in [0.2, 0.25) is 0 Å². The molecule has 0 aliphatic carbocycles. The number of rotatable bonds is 6. The first kappa shape index (κ1) is 14.2. The number of carbonyl (C=O) groups excluding carboxylic acids is 1. The maximum atomic E-state index is 11.7. The molecular formula is C11H23N3O3. The van der Waals surface area contributed by atoms with E-state index in [2.05, 4.69) is 10.2 Å². The lowest BCUT2D eigenvalue weighted by atomic mass is 10.3. The molecule has 1 heterocycles. The largest absolute Gasteiger partial charge is 0.383 e. The van der Waals surface area contributed by atoms with E-state index in [0.29, 0.717) is 13.2 Å². The highest BCUT2D eigenvalue weighted by atomic mass is 16.5. The van der Waals surface area contributed by atoms with Crippen molar-refractivity contribution in [3.05, 3.63) is 0 Å². The third kappa shape index (κ3) is 5.34. The summed E-state index contributed by atoms with van der Waals surface area (Å²) >= 11 is 0. The minimum atomic E-state index is 0.00782. The summed E-state index contributed by atoms with van der Waals surface area (Å²) in [6.07, 6.45) is 0. The highest BCUT2D eigenvalue weighted by molar-refractivity contribution is 5.74. The molecule has 0 atom stereocenters. The molecule has 0 unspecified atom stereocenters. The number of nitrogens with one attached hydrogen (secondary N) is 1. The smallest absolute Gasteiger partial charge is 0.317 e. The summed E-state index contributed by atoms with van der Waals surface area (Å²) in [5.41, 5.74) is 0. The first-order valence-electron chi connectivity index (χ1n) is 6.01. The van der Waals surface area contributed by atoms with Crippen LogP contribution in [0.4, 0.5) is 4.79 Å². The van der Waals surface area contributed by atoms with Crippen LogP contribution in [-0.2, 0) is 9.47 Å². The Morgan fingerprint density at radius 1 is 1.12 bits per heavy atom. The molecule has 1 aliphatic rings. The van der Waals surface area contributed by atoms with Crippen molar-refractivity contribution in [1.82, 2.24) is 15.1 Å². The average molecular weight is 245 g/mol. The van der Waals surface area contributed by atoms with Gasteiger partial charge in [-0.1, -0.05) is 0 Å². The van der Waals surface area contributed by atoms with E-state index >= 15 is 0 Å². The summed E-state index contributed by atoms with van der Waals surface area (Å²) in [5, 5.41) is 2.83. The molecule has 0 aromatic carbocycles. The number of urea groups is 1. The van der Waals surface area contributed by atoms with E-state index in [4.69, 9.17) is 9.47 Å². The quantitative estimate of drug-likeness (QED) is 0.647. The molecule has 0 aromatic heterocycles. The normalized spacial score (nSPS) is 17.2. The van der Waals surface area contributed by atoms with Gasteiger partial charge in [0, 0.05) is 53.5 Å². The van der Waals surface area contributed by atoms with Gasteiger partial charge in [0.1, 0.15) is 0 Å². The van der Waals surface area contributed by atoms with Crippen LogP contribution in [0.1, 0.15) is 0 Å². The number of methoxy groups -OCH3 is 2. The van der Waals surface area contributed by atoms with Gasteiger partial charge in [-0.05, 0) is 0 Å². The number of piperazine rings is 1. The van der Waals surface area contributed by atoms with Crippen molar-refractivity contribution in [3.8, 4) is 0 Å². The van der Waals surface area contributed by atoms with Gasteiger partial charge < -0.3 is 19.7 Å². The SMILES string of the molecule is COCCNC(=O)N1CCN(CCOC)CC1. The summed E-state index contributed by atoms with van der Waals surface area (Å²) in [6.45, 7) is 6.21. The predicted octanol–water partition coefficient (Wildman–Crippen LogP) is -0.394. The molecule has 1 N–H and O–H groups in total. The number of amides is 2. The van der Waals surface area contributed by atoms with E-state index in [9.17, 15) is 4.79 Å². The number of nitrogens with zero attached hydrogens (tertiary/aromatic N) is 2. The van der Waals surface area contributed by atoms with Crippen LogP contribution in [0.5, 0.6) is 0 Å². The molecule has 1 fully saturated rings. The van der Waals surface area contributed by atoms with Gasteiger partial charge in [-0.2, -0.15) is 0 Å². The monoisotopic (exact) mass is 245 g/mol.